The molecule has 3 aromatic carbocycles. The lowest BCUT2D eigenvalue weighted by molar-refractivity contribution is -0.138. The first-order chi connectivity index (χ1) is 18.0. The molecule has 0 radical (unpaired) electrons. The van der Waals surface area contributed by atoms with Crippen LogP contribution in [0.15, 0.2) is 54.6 Å². The van der Waals surface area contributed by atoms with Crippen LogP contribution in [0.2, 0.25) is 10.0 Å². The van der Waals surface area contributed by atoms with Crippen LogP contribution in [0.25, 0.3) is 0 Å². The molecule has 7 nitrogen and oxygen atoms in total. The smallest absolute Gasteiger partial charge is 0.493 e. The third kappa shape index (κ3) is 6.62. The van der Waals surface area contributed by atoms with E-state index in [1.54, 1.807) is 0 Å². The molecule has 1 aliphatic heterocycles. The normalized spacial score (nSPS) is 14.7. The molecule has 1 unspecified atom stereocenters. The van der Waals surface area contributed by atoms with Crippen molar-refractivity contribution in [3.63, 3.8) is 0 Å². The van der Waals surface area contributed by atoms with Crippen molar-refractivity contribution in [2.24, 2.45) is 0 Å². The lowest BCUT2D eigenvalue weighted by Gasteiger charge is -2.25. The van der Waals surface area contributed by atoms with Crippen molar-refractivity contribution in [2.45, 2.75) is 25.1 Å². The molecule has 0 saturated carbocycles. The molecule has 0 bridgehead atoms. The van der Waals surface area contributed by atoms with E-state index in [1.807, 2.05) is 0 Å². The molecule has 1 atom stereocenters. The molecule has 0 spiro atoms. The highest BCUT2D eigenvalue weighted by Crippen LogP contribution is 2.42. The molecule has 1 amide bonds. The lowest BCUT2D eigenvalue weighted by atomic mass is 10.0. The van der Waals surface area contributed by atoms with E-state index < -0.39 is 29.9 Å². The summed E-state index contributed by atoms with van der Waals surface area (Å²) in [6.45, 7) is 0.241. The minimum atomic E-state index is -4.55. The molecule has 12 heteroatoms. The molecule has 0 fully saturated rings. The Morgan fingerprint density at radius 3 is 2.50 bits per heavy atom. The predicted octanol–water partition coefficient (Wildman–Crippen LogP) is 7.30. The van der Waals surface area contributed by atoms with Crippen LogP contribution in [0.4, 0.5) is 18.0 Å². The highest BCUT2D eigenvalue weighted by molar-refractivity contribution is 6.32. The van der Waals surface area contributed by atoms with Crippen LogP contribution in [0.3, 0.4) is 0 Å². The fourth-order valence-electron chi connectivity index (χ4n) is 3.93. The predicted molar refractivity (Wildman–Crippen MR) is 132 cm³/mol. The van der Waals surface area contributed by atoms with Crippen molar-refractivity contribution in [2.75, 3.05) is 13.2 Å². The standard InChI is InChI=1S/C26H20Cl2F3NO6/c27-16-4-1-14(19(11-16)26(29,30)31)7-9-32-24(33)15-2-5-17(6-3-15)37-23-13-22-18(12-20(23)28)21(8-10-36-22)38-25(34)35/h1-6,11-13,21H,7-10H2,(H,32,33)(H,34,35). The maximum Gasteiger partial charge on any atom is 0.506 e. The highest BCUT2D eigenvalue weighted by atomic mass is 35.5. The average molecular weight is 570 g/mol. The number of benzene rings is 3. The van der Waals surface area contributed by atoms with E-state index in [4.69, 9.17) is 42.5 Å². The van der Waals surface area contributed by atoms with Crippen LogP contribution in [-0.2, 0) is 17.3 Å². The van der Waals surface area contributed by atoms with Gasteiger partial charge in [-0.25, -0.2) is 4.79 Å². The summed E-state index contributed by atoms with van der Waals surface area (Å²) in [5.74, 6) is 0.520. The number of hydrogen-bond donors (Lipinski definition) is 2. The van der Waals surface area contributed by atoms with Crippen LogP contribution >= 0.6 is 23.2 Å². The summed E-state index contributed by atoms with van der Waals surface area (Å²) in [5, 5.41) is 11.7. The first-order valence-electron chi connectivity index (χ1n) is 11.3. The van der Waals surface area contributed by atoms with Gasteiger partial charge in [-0.15, -0.1) is 0 Å². The molecule has 0 aliphatic carbocycles. The van der Waals surface area contributed by atoms with Crippen LogP contribution in [0, 0.1) is 0 Å². The largest absolute Gasteiger partial charge is 0.506 e. The van der Waals surface area contributed by atoms with Crippen molar-refractivity contribution in [1.82, 2.24) is 5.32 Å². The second kappa shape index (κ2) is 11.4. The number of fused-ring (bicyclic) bond motifs is 1. The van der Waals surface area contributed by atoms with E-state index in [2.05, 4.69) is 5.32 Å². The van der Waals surface area contributed by atoms with E-state index in [0.29, 0.717) is 23.5 Å². The van der Waals surface area contributed by atoms with Gasteiger partial charge in [-0.3, -0.25) is 4.79 Å². The van der Waals surface area contributed by atoms with Gasteiger partial charge in [0.1, 0.15) is 23.4 Å². The number of alkyl halides is 3. The number of carboxylic acid groups (broad SMARTS) is 1. The molecule has 0 saturated heterocycles. The second-order valence-corrected chi connectivity index (χ2v) is 9.11. The zero-order chi connectivity index (χ0) is 27.4. The summed E-state index contributed by atoms with van der Waals surface area (Å²) in [6.07, 6.45) is -6.35. The SMILES string of the molecule is O=C(O)OC1CCOc2cc(Oc3ccc(C(=O)NCCc4ccc(Cl)cc4C(F)(F)F)cc3)c(Cl)cc21. The van der Waals surface area contributed by atoms with Crippen molar-refractivity contribution in [3.8, 4) is 17.2 Å². The Hall–Kier alpha value is -3.63. The maximum absolute atomic E-state index is 13.2. The first kappa shape index (κ1) is 27.4. The van der Waals surface area contributed by atoms with Crippen molar-refractivity contribution in [1.29, 1.82) is 0 Å². The molecule has 200 valence electrons. The highest BCUT2D eigenvalue weighted by Gasteiger charge is 2.33. The summed E-state index contributed by atoms with van der Waals surface area (Å²) in [6, 6.07) is 12.6. The van der Waals surface area contributed by atoms with Crippen LogP contribution < -0.4 is 14.8 Å². The number of halogens is 5. The van der Waals surface area contributed by atoms with E-state index >= 15 is 0 Å². The zero-order valence-corrected chi connectivity index (χ0v) is 21.0. The Morgan fingerprint density at radius 1 is 1.08 bits per heavy atom. The number of nitrogens with one attached hydrogen (secondary N) is 1. The fraction of sp³-hybridized carbons (Fsp3) is 0.231. The molecule has 38 heavy (non-hydrogen) atoms. The molecule has 4 rings (SSSR count). The van der Waals surface area contributed by atoms with Gasteiger partial charge >= 0.3 is 12.3 Å². The summed E-state index contributed by atoms with van der Waals surface area (Å²) >= 11 is 12.0. The zero-order valence-electron chi connectivity index (χ0n) is 19.5. The van der Waals surface area contributed by atoms with Gasteiger partial charge in [0.15, 0.2) is 0 Å². The van der Waals surface area contributed by atoms with Gasteiger partial charge in [0, 0.05) is 35.2 Å². The molecule has 3 aromatic rings. The van der Waals surface area contributed by atoms with Crippen molar-refractivity contribution >= 4 is 35.3 Å². The van der Waals surface area contributed by atoms with Gasteiger partial charge in [0.25, 0.3) is 5.91 Å². The Kier molecular flexibility index (Phi) is 8.23. The summed E-state index contributed by atoms with van der Waals surface area (Å²) in [7, 11) is 0. The van der Waals surface area contributed by atoms with Crippen LogP contribution in [0.1, 0.15) is 39.6 Å². The Morgan fingerprint density at radius 2 is 1.82 bits per heavy atom. The molecular formula is C26H20Cl2F3NO6. The summed E-state index contributed by atoms with van der Waals surface area (Å²) in [4.78, 5) is 23.4. The molecule has 1 heterocycles. The van der Waals surface area contributed by atoms with Gasteiger partial charge in [-0.05, 0) is 54.4 Å². The summed E-state index contributed by atoms with van der Waals surface area (Å²) < 4.78 is 56.0. The van der Waals surface area contributed by atoms with Crippen LogP contribution in [0.5, 0.6) is 17.2 Å². The second-order valence-electron chi connectivity index (χ2n) is 8.26. The molecule has 2 N–H and O–H groups in total. The van der Waals surface area contributed by atoms with E-state index in [9.17, 15) is 22.8 Å². The first-order valence-corrected chi connectivity index (χ1v) is 12.0. The molecule has 0 aromatic heterocycles. The summed E-state index contributed by atoms with van der Waals surface area (Å²) in [5.41, 5.74) is -0.0448. The Balaban J connectivity index is 1.38. The van der Waals surface area contributed by atoms with Gasteiger partial charge in [-0.2, -0.15) is 13.2 Å². The van der Waals surface area contributed by atoms with Gasteiger partial charge in [-0.1, -0.05) is 29.3 Å². The van der Waals surface area contributed by atoms with E-state index in [0.717, 1.165) is 6.07 Å². The van der Waals surface area contributed by atoms with Gasteiger partial charge < -0.3 is 24.6 Å². The molecule has 1 aliphatic rings. The number of ether oxygens (including phenoxy) is 3. The average Bonchev–Trinajstić information content (AvgIpc) is 2.85. The molecular weight excluding hydrogens is 550 g/mol. The van der Waals surface area contributed by atoms with Crippen molar-refractivity contribution < 1.29 is 42.1 Å². The third-order valence-corrected chi connectivity index (χ3v) is 6.22. The Labute approximate surface area is 225 Å². The number of carbonyl (C=O) groups excluding carboxylic acids is 1. The lowest BCUT2D eigenvalue weighted by Crippen LogP contribution is -2.26. The minimum Gasteiger partial charge on any atom is -0.493 e. The van der Waals surface area contributed by atoms with Crippen molar-refractivity contribution in [3.05, 3.63) is 86.9 Å². The number of hydrogen-bond acceptors (Lipinski definition) is 5. The van der Waals surface area contributed by atoms with E-state index in [1.165, 1.54) is 48.5 Å². The van der Waals surface area contributed by atoms with Gasteiger partial charge in [0.2, 0.25) is 0 Å². The number of carbonyl (C=O) groups is 2. The quantitative estimate of drug-likeness (QED) is 0.290. The fourth-order valence-corrected chi connectivity index (χ4v) is 4.31. The number of amides is 1. The Bertz CT molecular complexity index is 1350. The van der Waals surface area contributed by atoms with Gasteiger partial charge in [0.05, 0.1) is 17.2 Å². The van der Waals surface area contributed by atoms with Crippen LogP contribution in [-0.4, -0.2) is 30.3 Å². The minimum absolute atomic E-state index is 0.0148. The monoisotopic (exact) mass is 569 g/mol. The third-order valence-electron chi connectivity index (χ3n) is 5.69. The maximum atomic E-state index is 13.2. The topological polar surface area (TPSA) is 94.1 Å². The number of rotatable bonds is 7. The van der Waals surface area contributed by atoms with E-state index in [-0.39, 0.29) is 46.5 Å².